The molecule has 0 saturated heterocycles. The van der Waals surface area contributed by atoms with Gasteiger partial charge in [-0.3, -0.25) is 9.69 Å². The minimum absolute atomic E-state index is 0.146. The number of ketones is 1. The number of anilines is 2. The van der Waals surface area contributed by atoms with Gasteiger partial charge in [0.2, 0.25) is 5.78 Å². The van der Waals surface area contributed by atoms with Gasteiger partial charge in [-0.15, -0.1) is 0 Å². The minimum Gasteiger partial charge on any atom is -0.351 e. The topological polar surface area (TPSA) is 63.4 Å². The van der Waals surface area contributed by atoms with Crippen LogP contribution < -0.4 is 10.6 Å². The van der Waals surface area contributed by atoms with Crippen LogP contribution in [0.5, 0.6) is 0 Å². The fourth-order valence-electron chi connectivity index (χ4n) is 2.43. The number of rotatable bonds is 0. The van der Waals surface area contributed by atoms with E-state index in [1.54, 1.807) is 36.4 Å². The number of alkyl halides is 1. The fourth-order valence-corrected chi connectivity index (χ4v) is 2.43. The van der Waals surface area contributed by atoms with E-state index in [1.165, 1.54) is 17.0 Å². The summed E-state index contributed by atoms with van der Waals surface area (Å²) >= 11 is 0. The number of para-hydroxylation sites is 2. The molecule has 20 heavy (non-hydrogen) atoms. The van der Waals surface area contributed by atoms with Crippen molar-refractivity contribution >= 4 is 23.2 Å². The van der Waals surface area contributed by atoms with Gasteiger partial charge in [0.25, 0.3) is 0 Å². The zero-order valence-electron chi connectivity index (χ0n) is 10.4. The first-order valence-electron chi connectivity index (χ1n) is 6.07. The number of hydrogen-bond donors (Lipinski definition) is 1. The number of Topliss-reactive ketones (excluding diaryl/α,β-unsaturated/α-hetero) is 1. The van der Waals surface area contributed by atoms with E-state index in [0.29, 0.717) is 11.4 Å². The Morgan fingerprint density at radius 2 is 1.65 bits per heavy atom. The molecule has 100 valence electrons. The predicted molar refractivity (Wildman–Crippen MR) is 72.8 cm³/mol. The quantitative estimate of drug-likeness (QED) is 0.799. The SMILES string of the molecule is NC(=O)N1c2ccccc2C(=O)C(F)c2ccccc21. The van der Waals surface area contributed by atoms with Crippen LogP contribution in [0, 0.1) is 0 Å². The van der Waals surface area contributed by atoms with Gasteiger partial charge in [-0.25, -0.2) is 9.18 Å². The molecule has 0 aromatic heterocycles. The first-order valence-corrected chi connectivity index (χ1v) is 6.07. The molecule has 1 unspecified atom stereocenters. The van der Waals surface area contributed by atoms with Gasteiger partial charge >= 0.3 is 6.03 Å². The number of carbonyl (C=O) groups is 2. The molecule has 0 bridgehead atoms. The Morgan fingerprint density at radius 3 is 2.35 bits per heavy atom. The van der Waals surface area contributed by atoms with Crippen LogP contribution in [0.4, 0.5) is 20.6 Å². The summed E-state index contributed by atoms with van der Waals surface area (Å²) in [7, 11) is 0. The largest absolute Gasteiger partial charge is 0.351 e. The van der Waals surface area contributed by atoms with Crippen LogP contribution in [-0.4, -0.2) is 11.8 Å². The molecule has 2 amide bonds. The van der Waals surface area contributed by atoms with Crippen molar-refractivity contribution in [1.82, 2.24) is 0 Å². The van der Waals surface area contributed by atoms with Crippen molar-refractivity contribution < 1.29 is 14.0 Å². The predicted octanol–water partition coefficient (Wildman–Crippen LogP) is 3.11. The lowest BCUT2D eigenvalue weighted by molar-refractivity contribution is 0.0880. The zero-order chi connectivity index (χ0) is 14.3. The number of carbonyl (C=O) groups excluding carboxylic acids is 2. The lowest BCUT2D eigenvalue weighted by atomic mass is 10.0. The van der Waals surface area contributed by atoms with E-state index in [1.807, 2.05) is 0 Å². The first kappa shape index (κ1) is 12.3. The van der Waals surface area contributed by atoms with Crippen LogP contribution in [0.2, 0.25) is 0 Å². The van der Waals surface area contributed by atoms with E-state index < -0.39 is 18.0 Å². The Hall–Kier alpha value is -2.69. The highest BCUT2D eigenvalue weighted by Crippen LogP contribution is 2.41. The number of nitrogens with zero attached hydrogens (tertiary/aromatic N) is 1. The Labute approximate surface area is 114 Å². The van der Waals surface area contributed by atoms with Crippen LogP contribution in [0.3, 0.4) is 0 Å². The van der Waals surface area contributed by atoms with E-state index in [4.69, 9.17) is 5.73 Å². The molecule has 0 aliphatic carbocycles. The average molecular weight is 270 g/mol. The molecule has 0 fully saturated rings. The third kappa shape index (κ3) is 1.67. The third-order valence-electron chi connectivity index (χ3n) is 3.31. The summed E-state index contributed by atoms with van der Waals surface area (Å²) in [6, 6.07) is 11.9. The molecule has 0 saturated carbocycles. The highest BCUT2D eigenvalue weighted by Gasteiger charge is 2.34. The van der Waals surface area contributed by atoms with E-state index in [2.05, 4.69) is 0 Å². The van der Waals surface area contributed by atoms with E-state index in [0.717, 1.165) is 0 Å². The molecule has 2 aromatic carbocycles. The number of halogens is 1. The first-order chi connectivity index (χ1) is 9.61. The number of urea groups is 1. The number of hydrogen-bond acceptors (Lipinski definition) is 2. The monoisotopic (exact) mass is 270 g/mol. The van der Waals surface area contributed by atoms with Crippen LogP contribution in [0.15, 0.2) is 48.5 Å². The Kier molecular flexibility index (Phi) is 2.75. The Bertz CT molecular complexity index is 715. The molecular formula is C15H11FN2O2. The number of fused-ring (bicyclic) bond motifs is 2. The molecule has 2 N–H and O–H groups in total. The van der Waals surface area contributed by atoms with E-state index >= 15 is 0 Å². The molecule has 3 rings (SSSR count). The second-order valence-corrected chi connectivity index (χ2v) is 4.48. The normalized spacial score (nSPS) is 17.1. The molecule has 1 heterocycles. The highest BCUT2D eigenvalue weighted by molar-refractivity contribution is 6.13. The summed E-state index contributed by atoms with van der Waals surface area (Å²) in [5.41, 5.74) is 6.30. The van der Waals surface area contributed by atoms with Gasteiger partial charge in [0.15, 0.2) is 6.17 Å². The van der Waals surface area contributed by atoms with Crippen LogP contribution >= 0.6 is 0 Å². The Balaban J connectivity index is 2.36. The molecule has 0 radical (unpaired) electrons. The molecule has 4 nitrogen and oxygen atoms in total. The summed E-state index contributed by atoms with van der Waals surface area (Å²) in [5, 5.41) is 0. The van der Waals surface area contributed by atoms with E-state index in [-0.39, 0.29) is 11.1 Å². The fraction of sp³-hybridized carbons (Fsp3) is 0.0667. The molecule has 5 heteroatoms. The van der Waals surface area contributed by atoms with Gasteiger partial charge in [0, 0.05) is 11.1 Å². The molecule has 0 spiro atoms. The van der Waals surface area contributed by atoms with Crippen LogP contribution in [0.1, 0.15) is 22.1 Å². The maximum Gasteiger partial charge on any atom is 0.323 e. The molecule has 1 aliphatic rings. The lowest BCUT2D eigenvalue weighted by Gasteiger charge is -2.22. The number of primary amides is 1. The van der Waals surface area contributed by atoms with Crippen molar-refractivity contribution in [3.63, 3.8) is 0 Å². The number of benzene rings is 2. The van der Waals surface area contributed by atoms with Crippen molar-refractivity contribution in [2.45, 2.75) is 6.17 Å². The second-order valence-electron chi connectivity index (χ2n) is 4.48. The zero-order valence-corrected chi connectivity index (χ0v) is 10.4. The van der Waals surface area contributed by atoms with Crippen molar-refractivity contribution in [2.75, 3.05) is 4.90 Å². The summed E-state index contributed by atoms with van der Waals surface area (Å²) in [6.07, 6.45) is -1.81. The maximum absolute atomic E-state index is 14.4. The van der Waals surface area contributed by atoms with Gasteiger partial charge in [-0.2, -0.15) is 0 Å². The third-order valence-corrected chi connectivity index (χ3v) is 3.31. The summed E-state index contributed by atoms with van der Waals surface area (Å²) < 4.78 is 14.4. The molecular weight excluding hydrogens is 259 g/mol. The van der Waals surface area contributed by atoms with Gasteiger partial charge in [-0.1, -0.05) is 30.3 Å². The average Bonchev–Trinajstić information content (AvgIpc) is 2.55. The van der Waals surface area contributed by atoms with Crippen LogP contribution in [-0.2, 0) is 0 Å². The van der Waals surface area contributed by atoms with Gasteiger partial charge < -0.3 is 5.73 Å². The minimum atomic E-state index is -1.81. The van der Waals surface area contributed by atoms with Crippen molar-refractivity contribution in [1.29, 1.82) is 0 Å². The summed E-state index contributed by atoms with van der Waals surface area (Å²) in [6.45, 7) is 0. The molecule has 1 atom stereocenters. The van der Waals surface area contributed by atoms with Gasteiger partial charge in [0.05, 0.1) is 11.4 Å². The highest BCUT2D eigenvalue weighted by atomic mass is 19.1. The number of amides is 2. The summed E-state index contributed by atoms with van der Waals surface area (Å²) in [4.78, 5) is 25.1. The van der Waals surface area contributed by atoms with Crippen molar-refractivity contribution in [3.05, 3.63) is 59.7 Å². The molecule has 2 aromatic rings. The van der Waals surface area contributed by atoms with Crippen LogP contribution in [0.25, 0.3) is 0 Å². The Morgan fingerprint density at radius 1 is 1.05 bits per heavy atom. The standard InChI is InChI=1S/C15H11FN2O2/c16-13-9-5-1-3-7-11(9)18(15(17)20)12-8-4-2-6-10(12)14(13)19/h1-8,13H,(H2,17,20). The lowest BCUT2D eigenvalue weighted by Crippen LogP contribution is -2.32. The maximum atomic E-state index is 14.4. The molecule has 1 aliphatic heterocycles. The second kappa shape index (κ2) is 4.45. The number of nitrogens with two attached hydrogens (primary N) is 1. The van der Waals surface area contributed by atoms with Crippen molar-refractivity contribution in [3.8, 4) is 0 Å². The van der Waals surface area contributed by atoms with Crippen molar-refractivity contribution in [2.24, 2.45) is 5.73 Å². The summed E-state index contributed by atoms with van der Waals surface area (Å²) in [5.74, 6) is -0.670. The van der Waals surface area contributed by atoms with E-state index in [9.17, 15) is 14.0 Å². The smallest absolute Gasteiger partial charge is 0.323 e. The van der Waals surface area contributed by atoms with Gasteiger partial charge in [-0.05, 0) is 18.2 Å². The van der Waals surface area contributed by atoms with Gasteiger partial charge in [0.1, 0.15) is 0 Å².